The van der Waals surface area contributed by atoms with Crippen molar-refractivity contribution in [3.05, 3.63) is 208 Å². The van der Waals surface area contributed by atoms with E-state index in [0.717, 1.165) is 11.1 Å². The van der Waals surface area contributed by atoms with E-state index in [9.17, 15) is 64.9 Å². The summed E-state index contributed by atoms with van der Waals surface area (Å²) in [6, 6.07) is 42.6. The number of fused-ring (bicyclic) bond motifs is 5. The molecule has 0 radical (unpaired) electrons. The lowest BCUT2D eigenvalue weighted by molar-refractivity contribution is 0.481. The maximum atomic E-state index is 12.6. The summed E-state index contributed by atoms with van der Waals surface area (Å²) < 4.78 is 173. The molecule has 0 atom stereocenters. The van der Waals surface area contributed by atoms with E-state index in [1.165, 1.54) is 60.7 Å². The van der Waals surface area contributed by atoms with Crippen molar-refractivity contribution in [2.75, 3.05) is 0 Å². The molecule has 10 rings (SSSR count). The first kappa shape index (κ1) is 50.6. The van der Waals surface area contributed by atoms with Crippen LogP contribution in [0.5, 0.6) is 0 Å². The molecular weight excluding hydrogens is 1050 g/mol. The summed E-state index contributed by atoms with van der Waals surface area (Å²) in [6.07, 6.45) is 0.781. The second-order valence-corrected chi connectivity index (χ2v) is 25.1. The van der Waals surface area contributed by atoms with Crippen molar-refractivity contribution >= 4 is 104 Å². The fraction of sp³-hybridized carbons (Fsp3) is 0.0741. The zero-order valence-corrected chi connectivity index (χ0v) is 42.4. The van der Waals surface area contributed by atoms with E-state index in [4.69, 9.17) is 0 Å². The van der Waals surface area contributed by atoms with Crippen LogP contribution in [0.25, 0.3) is 53.9 Å². The van der Waals surface area contributed by atoms with Gasteiger partial charge in [-0.05, 0) is 185 Å². The highest BCUT2D eigenvalue weighted by Gasteiger charge is 2.21. The zero-order valence-electron chi connectivity index (χ0n) is 38.3. The summed E-state index contributed by atoms with van der Waals surface area (Å²) >= 11 is 0. The summed E-state index contributed by atoms with van der Waals surface area (Å²) in [5, 5.41) is 5.64. The molecule has 20 heteroatoms. The quantitative estimate of drug-likeness (QED) is 0.0672. The highest BCUT2D eigenvalue weighted by Crippen LogP contribution is 2.37. The predicted molar refractivity (Wildman–Crippen MR) is 280 cm³/mol. The van der Waals surface area contributed by atoms with Crippen LogP contribution in [0.2, 0.25) is 0 Å². The van der Waals surface area contributed by atoms with Crippen molar-refractivity contribution in [2.45, 2.75) is 50.2 Å². The fourth-order valence-electron chi connectivity index (χ4n) is 9.85. The van der Waals surface area contributed by atoms with Gasteiger partial charge in [0.15, 0.2) is 0 Å². The molecule has 376 valence electrons. The van der Waals surface area contributed by atoms with Gasteiger partial charge in [-0.15, -0.1) is 0 Å². The molecule has 10 aromatic rings. The Morgan fingerprint density at radius 2 is 0.486 bits per heavy atom. The van der Waals surface area contributed by atoms with E-state index in [0.29, 0.717) is 87.2 Å². The smallest absolute Gasteiger partial charge is 0.282 e. The van der Waals surface area contributed by atoms with Crippen LogP contribution >= 0.6 is 0 Å². The molecule has 0 aliphatic heterocycles. The molecule has 74 heavy (non-hydrogen) atoms. The monoisotopic (exact) mass is 1090 g/mol. The average molecular weight is 1090 g/mol. The Kier molecular flexibility index (Phi) is 12.6. The number of benzene rings is 10. The minimum absolute atomic E-state index is 0.148. The van der Waals surface area contributed by atoms with Crippen molar-refractivity contribution in [3.63, 3.8) is 0 Å². The average Bonchev–Trinajstić information content (AvgIpc) is 3.34. The van der Waals surface area contributed by atoms with Gasteiger partial charge in [0.2, 0.25) is 0 Å². The summed E-state index contributed by atoms with van der Waals surface area (Å²) in [7, 11) is -23.1. The molecule has 15 nitrogen and oxygen atoms in total. The lowest BCUT2D eigenvalue weighted by Crippen LogP contribution is -2.03. The predicted octanol–water partition coefficient (Wildman–Crippen LogP) is 10.0. The summed E-state index contributed by atoms with van der Waals surface area (Å²) in [5.74, 6) is 0. The molecule has 0 bridgehead atoms. The molecule has 0 heterocycles. The van der Waals surface area contributed by atoms with Gasteiger partial charge in [0.25, 0.3) is 50.6 Å². The molecule has 0 aromatic heterocycles. The minimum Gasteiger partial charge on any atom is -0.282 e. The zero-order chi connectivity index (χ0) is 52.7. The van der Waals surface area contributed by atoms with E-state index >= 15 is 0 Å². The highest BCUT2D eigenvalue weighted by atomic mass is 32.2. The molecule has 0 aliphatic carbocycles. The Morgan fingerprint density at radius 1 is 0.230 bits per heavy atom. The fourth-order valence-corrected chi connectivity index (χ4v) is 12.4. The first-order valence-corrected chi connectivity index (χ1v) is 29.5. The topological polar surface area (TPSA) is 272 Å². The second kappa shape index (κ2) is 18.5. The van der Waals surface area contributed by atoms with Crippen molar-refractivity contribution in [3.8, 4) is 0 Å². The Bertz CT molecular complexity index is 4630. The lowest BCUT2D eigenvalue weighted by atomic mass is 9.88. The number of rotatable bonds is 13. The maximum Gasteiger partial charge on any atom is 0.294 e. The molecule has 10 aromatic carbocycles. The molecule has 0 amide bonds. The standard InChI is InChI=1S/C54H40O15S5/c55-70(56,57)42-15-19-47-33(4-2-6-35(47)27-42)23-39-10-8-37(49-21-17-44(29-52(39)49)72(61,62)63)25-41-12-9-38(50-22-18-46(31-54(41)50)74(67,68)69)26-40-11-7-36(48-20-16-45(30-53(40)48)73(64,65)66)24-34-5-1-3-32-13-14-43(28-51(32)34)71(58,59)60/h1-22,27-31H,23-26H2,(H,55,56,57)(H,58,59,60)(H,61,62,63)(H,64,65,66)(H,67,68,69). The van der Waals surface area contributed by atoms with E-state index < -0.39 is 50.6 Å². The van der Waals surface area contributed by atoms with Gasteiger partial charge in [-0.3, -0.25) is 22.8 Å². The van der Waals surface area contributed by atoms with Crippen LogP contribution in [0.1, 0.15) is 44.5 Å². The van der Waals surface area contributed by atoms with Crippen LogP contribution in [0.4, 0.5) is 0 Å². The Balaban J connectivity index is 1.07. The third kappa shape index (κ3) is 10.0. The molecule has 5 N–H and O–H groups in total. The molecule has 0 unspecified atom stereocenters. The number of hydrogen-bond donors (Lipinski definition) is 5. The normalized spacial score (nSPS) is 12.9. The largest absolute Gasteiger partial charge is 0.294 e. The minimum atomic E-state index is -4.72. The van der Waals surface area contributed by atoms with Crippen molar-refractivity contribution < 1.29 is 64.9 Å². The van der Waals surface area contributed by atoms with Crippen molar-refractivity contribution in [2.24, 2.45) is 0 Å². The molecular formula is C54H40O15S5. The number of hydrogen-bond acceptors (Lipinski definition) is 10. The van der Waals surface area contributed by atoms with Crippen LogP contribution < -0.4 is 0 Å². The lowest BCUT2D eigenvalue weighted by Gasteiger charge is -2.17. The van der Waals surface area contributed by atoms with Gasteiger partial charge < -0.3 is 0 Å². The molecule has 0 aliphatic rings. The Hall–Kier alpha value is -6.95. The SMILES string of the molecule is O=S(=O)(O)c1ccc2c(Cc3ccc(Cc4ccc(Cc5ccc(Cc6cccc7ccc(S(=O)(=O)O)cc67)c6ccc(S(=O)(=O)O)cc56)c5ccc(S(=O)(=O)O)cc45)c4ccc(S(=O)(=O)O)cc34)cccc2c1. The van der Waals surface area contributed by atoms with E-state index in [-0.39, 0.29) is 50.2 Å². The van der Waals surface area contributed by atoms with Gasteiger partial charge in [0.05, 0.1) is 24.5 Å². The summed E-state index contributed by atoms with van der Waals surface area (Å²) in [6.45, 7) is 0. The van der Waals surface area contributed by atoms with Crippen LogP contribution in [0.15, 0.2) is 188 Å². The molecule has 0 fully saturated rings. The Morgan fingerprint density at radius 3 is 0.838 bits per heavy atom. The summed E-state index contributed by atoms with van der Waals surface area (Å²) in [5.41, 5.74) is 5.39. The van der Waals surface area contributed by atoms with Crippen LogP contribution in [0, 0.1) is 0 Å². The van der Waals surface area contributed by atoms with Crippen molar-refractivity contribution in [1.29, 1.82) is 0 Å². The van der Waals surface area contributed by atoms with Gasteiger partial charge in [-0.2, -0.15) is 42.1 Å². The summed E-state index contributed by atoms with van der Waals surface area (Å²) in [4.78, 5) is -1.68. The van der Waals surface area contributed by atoms with Crippen LogP contribution in [-0.2, 0) is 76.3 Å². The van der Waals surface area contributed by atoms with Gasteiger partial charge in [0.1, 0.15) is 0 Å². The molecule has 0 spiro atoms. The van der Waals surface area contributed by atoms with Crippen LogP contribution in [-0.4, -0.2) is 64.9 Å². The van der Waals surface area contributed by atoms with Gasteiger partial charge in [-0.25, -0.2) is 0 Å². The second-order valence-electron chi connectivity index (χ2n) is 18.0. The third-order valence-corrected chi connectivity index (χ3v) is 17.7. The third-order valence-electron chi connectivity index (χ3n) is 13.4. The van der Waals surface area contributed by atoms with Gasteiger partial charge in [0, 0.05) is 0 Å². The van der Waals surface area contributed by atoms with E-state index in [1.807, 2.05) is 30.3 Å². The van der Waals surface area contributed by atoms with E-state index in [1.54, 1.807) is 72.8 Å². The molecule has 0 saturated heterocycles. The van der Waals surface area contributed by atoms with E-state index in [2.05, 4.69) is 0 Å². The highest BCUT2D eigenvalue weighted by molar-refractivity contribution is 7.86. The first-order chi connectivity index (χ1) is 34.8. The first-order valence-electron chi connectivity index (χ1n) is 22.3. The van der Waals surface area contributed by atoms with Crippen LogP contribution in [0.3, 0.4) is 0 Å². The maximum absolute atomic E-state index is 12.6. The van der Waals surface area contributed by atoms with Gasteiger partial charge in [-0.1, -0.05) is 103 Å². The van der Waals surface area contributed by atoms with Gasteiger partial charge >= 0.3 is 0 Å². The Labute approximate surface area is 425 Å². The molecule has 0 saturated carbocycles. The van der Waals surface area contributed by atoms with Crippen molar-refractivity contribution in [1.82, 2.24) is 0 Å².